The van der Waals surface area contributed by atoms with E-state index in [4.69, 9.17) is 11.6 Å². The first-order valence-electron chi connectivity index (χ1n) is 6.47. The van der Waals surface area contributed by atoms with Crippen LogP contribution in [-0.2, 0) is 0 Å². The second-order valence-electron chi connectivity index (χ2n) is 5.32. The van der Waals surface area contributed by atoms with Crippen LogP contribution in [0.4, 0.5) is 0 Å². The molecule has 0 aromatic rings. The van der Waals surface area contributed by atoms with Crippen molar-refractivity contribution in [2.75, 3.05) is 19.6 Å². The third-order valence-corrected chi connectivity index (χ3v) is 3.50. The van der Waals surface area contributed by atoms with Gasteiger partial charge in [-0.1, -0.05) is 11.6 Å². The SMILES string of the molecule is CC(C)N(C/C(Cl)=C/[NH+]1CCCC1)C(C)C. The molecule has 1 saturated heterocycles. The molecule has 0 aliphatic carbocycles. The predicted octanol–water partition coefficient (Wildman–Crippen LogP) is 1.86. The van der Waals surface area contributed by atoms with E-state index in [1.807, 2.05) is 0 Å². The minimum absolute atomic E-state index is 0.552. The number of nitrogens with one attached hydrogen (secondary N) is 1. The minimum atomic E-state index is 0.552. The lowest BCUT2D eigenvalue weighted by Gasteiger charge is -2.30. The second-order valence-corrected chi connectivity index (χ2v) is 5.80. The lowest BCUT2D eigenvalue weighted by Crippen LogP contribution is -3.05. The van der Waals surface area contributed by atoms with E-state index < -0.39 is 0 Å². The molecule has 0 amide bonds. The number of halogens is 1. The van der Waals surface area contributed by atoms with Gasteiger partial charge in [0.05, 0.1) is 18.1 Å². The normalized spacial score (nSPS) is 19.4. The first-order chi connectivity index (χ1) is 7.50. The summed E-state index contributed by atoms with van der Waals surface area (Å²) >= 11 is 6.34. The Kier molecular flexibility index (Phi) is 5.81. The van der Waals surface area contributed by atoms with Crippen LogP contribution in [-0.4, -0.2) is 36.6 Å². The summed E-state index contributed by atoms with van der Waals surface area (Å²) in [5.74, 6) is 0. The van der Waals surface area contributed by atoms with Gasteiger partial charge in [-0.3, -0.25) is 4.90 Å². The average molecular weight is 246 g/mol. The fourth-order valence-corrected chi connectivity index (χ4v) is 2.67. The van der Waals surface area contributed by atoms with Crippen molar-refractivity contribution in [1.29, 1.82) is 0 Å². The van der Waals surface area contributed by atoms with Crippen LogP contribution in [0.15, 0.2) is 11.2 Å². The number of hydrogen-bond donors (Lipinski definition) is 1. The molecule has 0 aromatic carbocycles. The highest BCUT2D eigenvalue weighted by atomic mass is 35.5. The molecule has 0 aromatic heterocycles. The number of rotatable bonds is 5. The maximum Gasteiger partial charge on any atom is 0.110 e. The van der Waals surface area contributed by atoms with Gasteiger partial charge in [0.1, 0.15) is 6.20 Å². The van der Waals surface area contributed by atoms with Crippen molar-refractivity contribution >= 4 is 11.6 Å². The molecule has 1 heterocycles. The average Bonchev–Trinajstić information content (AvgIpc) is 2.65. The van der Waals surface area contributed by atoms with Crippen LogP contribution >= 0.6 is 11.6 Å². The van der Waals surface area contributed by atoms with Crippen LogP contribution in [0, 0.1) is 0 Å². The zero-order chi connectivity index (χ0) is 12.1. The molecule has 3 heteroatoms. The Morgan fingerprint density at radius 3 is 2.12 bits per heavy atom. The Morgan fingerprint density at radius 1 is 1.19 bits per heavy atom. The molecule has 1 rings (SSSR count). The van der Waals surface area contributed by atoms with E-state index in [1.54, 1.807) is 0 Å². The summed E-state index contributed by atoms with van der Waals surface area (Å²) in [5.41, 5.74) is 0. The summed E-state index contributed by atoms with van der Waals surface area (Å²) in [5, 5.41) is 0.999. The number of likely N-dealkylation sites (tertiary alicyclic amines) is 1. The van der Waals surface area contributed by atoms with E-state index in [0.29, 0.717) is 12.1 Å². The van der Waals surface area contributed by atoms with Gasteiger partial charge < -0.3 is 4.90 Å². The standard InChI is InChI=1S/C13H25ClN2/c1-11(2)16(12(3)4)10-13(14)9-15-7-5-6-8-15/h9,11-12H,5-8,10H2,1-4H3/p+1/b13-9-. The van der Waals surface area contributed by atoms with Gasteiger partial charge in [-0.2, -0.15) is 0 Å². The van der Waals surface area contributed by atoms with Crippen LogP contribution in [0.2, 0.25) is 0 Å². The molecule has 1 N–H and O–H groups in total. The fourth-order valence-electron chi connectivity index (χ4n) is 2.38. The van der Waals surface area contributed by atoms with Gasteiger partial charge in [0.25, 0.3) is 0 Å². The third kappa shape index (κ3) is 4.44. The van der Waals surface area contributed by atoms with Crippen LogP contribution in [0.25, 0.3) is 0 Å². The molecule has 0 unspecified atom stereocenters. The first-order valence-corrected chi connectivity index (χ1v) is 6.85. The lowest BCUT2D eigenvalue weighted by atomic mass is 10.2. The summed E-state index contributed by atoms with van der Waals surface area (Å²) in [4.78, 5) is 3.96. The maximum atomic E-state index is 6.34. The molecule has 0 spiro atoms. The van der Waals surface area contributed by atoms with Gasteiger partial charge in [-0.05, 0) is 27.7 Å². The van der Waals surface area contributed by atoms with E-state index in [2.05, 4.69) is 38.8 Å². The van der Waals surface area contributed by atoms with Gasteiger partial charge in [0, 0.05) is 31.5 Å². The number of quaternary nitrogens is 1. The van der Waals surface area contributed by atoms with E-state index in [9.17, 15) is 0 Å². The van der Waals surface area contributed by atoms with Crippen molar-refractivity contribution in [3.63, 3.8) is 0 Å². The molecule has 0 saturated carbocycles. The zero-order valence-electron chi connectivity index (χ0n) is 11.1. The van der Waals surface area contributed by atoms with Crippen LogP contribution in [0.3, 0.4) is 0 Å². The highest BCUT2D eigenvalue weighted by Crippen LogP contribution is 2.10. The van der Waals surface area contributed by atoms with Gasteiger partial charge in [-0.25, -0.2) is 0 Å². The molecular weight excluding hydrogens is 220 g/mol. The summed E-state index contributed by atoms with van der Waals surface area (Å²) in [6, 6.07) is 1.10. The molecule has 0 radical (unpaired) electrons. The molecular formula is C13H26ClN2+. The van der Waals surface area contributed by atoms with Crippen molar-refractivity contribution in [1.82, 2.24) is 4.90 Å². The molecule has 0 atom stereocenters. The predicted molar refractivity (Wildman–Crippen MR) is 70.8 cm³/mol. The Labute approximate surface area is 105 Å². The van der Waals surface area contributed by atoms with E-state index in [-0.39, 0.29) is 0 Å². The third-order valence-electron chi connectivity index (χ3n) is 3.27. The Hall–Kier alpha value is -0.0500. The van der Waals surface area contributed by atoms with Crippen molar-refractivity contribution in [3.8, 4) is 0 Å². The smallest absolute Gasteiger partial charge is 0.110 e. The van der Waals surface area contributed by atoms with Crippen LogP contribution < -0.4 is 4.90 Å². The Balaban J connectivity index is 2.49. The van der Waals surface area contributed by atoms with Gasteiger partial charge in [0.15, 0.2) is 0 Å². The van der Waals surface area contributed by atoms with Crippen molar-refractivity contribution in [2.24, 2.45) is 0 Å². The van der Waals surface area contributed by atoms with E-state index >= 15 is 0 Å². The molecule has 1 aliphatic heterocycles. The van der Waals surface area contributed by atoms with Crippen LogP contribution in [0.5, 0.6) is 0 Å². The highest BCUT2D eigenvalue weighted by Gasteiger charge is 2.17. The summed E-state index contributed by atoms with van der Waals surface area (Å²) in [6.45, 7) is 12.3. The Bertz CT molecular complexity index is 222. The molecule has 94 valence electrons. The molecule has 1 fully saturated rings. The molecule has 2 nitrogen and oxygen atoms in total. The zero-order valence-corrected chi connectivity index (χ0v) is 11.8. The van der Waals surface area contributed by atoms with Gasteiger partial charge in [-0.15, -0.1) is 0 Å². The molecule has 16 heavy (non-hydrogen) atoms. The Morgan fingerprint density at radius 2 is 1.69 bits per heavy atom. The highest BCUT2D eigenvalue weighted by molar-refractivity contribution is 6.29. The van der Waals surface area contributed by atoms with Gasteiger partial charge in [0.2, 0.25) is 0 Å². The summed E-state index contributed by atoms with van der Waals surface area (Å²) in [6.07, 6.45) is 4.90. The maximum absolute atomic E-state index is 6.34. The molecule has 1 aliphatic rings. The fraction of sp³-hybridized carbons (Fsp3) is 0.846. The monoisotopic (exact) mass is 245 g/mol. The van der Waals surface area contributed by atoms with E-state index in [0.717, 1.165) is 11.6 Å². The largest absolute Gasteiger partial charge is 0.308 e. The lowest BCUT2D eigenvalue weighted by molar-refractivity contribution is -0.833. The van der Waals surface area contributed by atoms with Crippen molar-refractivity contribution < 1.29 is 4.90 Å². The summed E-state index contributed by atoms with van der Waals surface area (Å²) in [7, 11) is 0. The topological polar surface area (TPSA) is 7.68 Å². The first kappa shape index (κ1) is 14.0. The van der Waals surface area contributed by atoms with Crippen molar-refractivity contribution in [3.05, 3.63) is 11.2 Å². The second kappa shape index (κ2) is 6.63. The number of hydrogen-bond acceptors (Lipinski definition) is 1. The molecule has 0 bridgehead atoms. The summed E-state index contributed by atoms with van der Waals surface area (Å²) < 4.78 is 0. The minimum Gasteiger partial charge on any atom is -0.308 e. The quantitative estimate of drug-likeness (QED) is 0.777. The number of nitrogens with zero attached hydrogens (tertiary/aromatic N) is 1. The van der Waals surface area contributed by atoms with Gasteiger partial charge >= 0.3 is 0 Å². The van der Waals surface area contributed by atoms with E-state index in [1.165, 1.54) is 30.8 Å². The van der Waals surface area contributed by atoms with Crippen LogP contribution in [0.1, 0.15) is 40.5 Å². The van der Waals surface area contributed by atoms with Crippen molar-refractivity contribution in [2.45, 2.75) is 52.6 Å².